The third-order valence-corrected chi connectivity index (χ3v) is 1.60. The molecule has 0 aromatic carbocycles. The average molecular weight is 329 g/mol. The number of alkyl halides is 1. The molecule has 0 rings (SSSR count). The first-order valence-electron chi connectivity index (χ1n) is 4.42. The largest absolute Gasteiger partial charge is 0.454 e. The van der Waals surface area contributed by atoms with Crippen molar-refractivity contribution >= 4 is 34.7 Å². The Morgan fingerprint density at radius 1 is 1.33 bits per heavy atom. The molecule has 15 heavy (non-hydrogen) atoms. The van der Waals surface area contributed by atoms with Crippen LogP contribution >= 0.6 is 22.6 Å². The van der Waals surface area contributed by atoms with E-state index in [0.29, 0.717) is 0 Å². The molecular formula is C9H16INO4. The van der Waals surface area contributed by atoms with Gasteiger partial charge in [-0.3, -0.25) is 4.79 Å². The quantitative estimate of drug-likeness (QED) is 0.450. The minimum absolute atomic E-state index is 0.0993. The number of carbonyl (C=O) groups excluding carboxylic acids is 2. The maximum absolute atomic E-state index is 11.4. The molecule has 0 spiro atoms. The van der Waals surface area contributed by atoms with Gasteiger partial charge in [0.25, 0.3) is 0 Å². The fourth-order valence-corrected chi connectivity index (χ4v) is 1.05. The van der Waals surface area contributed by atoms with E-state index in [9.17, 15) is 9.59 Å². The van der Waals surface area contributed by atoms with E-state index in [1.807, 2.05) is 22.6 Å². The van der Waals surface area contributed by atoms with Crippen molar-refractivity contribution in [2.45, 2.75) is 26.4 Å². The maximum Gasteiger partial charge on any atom is 0.410 e. The number of halogens is 1. The summed E-state index contributed by atoms with van der Waals surface area (Å²) in [4.78, 5) is 23.6. The summed E-state index contributed by atoms with van der Waals surface area (Å²) in [6.07, 6.45) is -0.534. The van der Waals surface area contributed by atoms with E-state index in [4.69, 9.17) is 9.47 Å². The van der Waals surface area contributed by atoms with Gasteiger partial charge in [-0.25, -0.2) is 4.79 Å². The van der Waals surface area contributed by atoms with E-state index in [1.165, 1.54) is 11.9 Å². The summed E-state index contributed by atoms with van der Waals surface area (Å²) < 4.78 is 10.0. The van der Waals surface area contributed by atoms with Crippen molar-refractivity contribution < 1.29 is 19.1 Å². The minimum Gasteiger partial charge on any atom is -0.454 e. The van der Waals surface area contributed by atoms with Gasteiger partial charge in [0.2, 0.25) is 0 Å². The monoisotopic (exact) mass is 329 g/mol. The SMILES string of the molecule is CN(CC(=O)OCI)C(=O)OC(C)(C)C. The predicted molar refractivity (Wildman–Crippen MR) is 63.8 cm³/mol. The van der Waals surface area contributed by atoms with E-state index in [-0.39, 0.29) is 11.2 Å². The fraction of sp³-hybridized carbons (Fsp3) is 0.778. The Morgan fingerprint density at radius 2 is 1.87 bits per heavy atom. The molecule has 0 aromatic rings. The van der Waals surface area contributed by atoms with Crippen LogP contribution in [-0.2, 0) is 14.3 Å². The summed E-state index contributed by atoms with van der Waals surface area (Å²) in [5.74, 6) is -0.447. The normalized spacial score (nSPS) is 10.7. The van der Waals surface area contributed by atoms with Gasteiger partial charge in [-0.1, -0.05) is 0 Å². The molecule has 0 aliphatic rings. The second-order valence-electron chi connectivity index (χ2n) is 3.96. The second kappa shape index (κ2) is 6.14. The summed E-state index contributed by atoms with van der Waals surface area (Å²) in [7, 11) is 1.49. The standard InChI is InChI=1S/C9H16INO4/c1-9(2,3)15-8(13)11(4)5-7(12)14-6-10/h5-6H2,1-4H3. The van der Waals surface area contributed by atoms with Gasteiger partial charge in [0, 0.05) is 7.05 Å². The lowest BCUT2D eigenvalue weighted by molar-refractivity contribution is -0.141. The zero-order valence-corrected chi connectivity index (χ0v) is 11.5. The molecule has 6 heteroatoms. The van der Waals surface area contributed by atoms with Crippen molar-refractivity contribution in [1.82, 2.24) is 4.90 Å². The number of hydrogen-bond donors (Lipinski definition) is 0. The smallest absolute Gasteiger partial charge is 0.410 e. The molecule has 0 radical (unpaired) electrons. The lowest BCUT2D eigenvalue weighted by Crippen LogP contribution is -2.37. The van der Waals surface area contributed by atoms with Crippen molar-refractivity contribution in [3.05, 3.63) is 0 Å². The lowest BCUT2D eigenvalue weighted by Gasteiger charge is -2.23. The molecular weight excluding hydrogens is 313 g/mol. The summed E-state index contributed by atoms with van der Waals surface area (Å²) in [6, 6.07) is 0. The zero-order valence-electron chi connectivity index (χ0n) is 9.37. The van der Waals surface area contributed by atoms with Crippen LogP contribution in [0.2, 0.25) is 0 Å². The van der Waals surface area contributed by atoms with Gasteiger partial charge in [0.1, 0.15) is 16.8 Å². The highest BCUT2D eigenvalue weighted by atomic mass is 127. The zero-order chi connectivity index (χ0) is 12.1. The van der Waals surface area contributed by atoms with Crippen LogP contribution in [0.4, 0.5) is 4.79 Å². The van der Waals surface area contributed by atoms with Crippen molar-refractivity contribution in [3.63, 3.8) is 0 Å². The molecule has 0 unspecified atom stereocenters. The summed E-state index contributed by atoms with van der Waals surface area (Å²) >= 11 is 1.91. The van der Waals surface area contributed by atoms with E-state index in [0.717, 1.165) is 0 Å². The average Bonchev–Trinajstić information content (AvgIpc) is 2.00. The van der Waals surface area contributed by atoms with Crippen LogP contribution in [0, 0.1) is 0 Å². The Kier molecular flexibility index (Phi) is 5.92. The number of likely N-dealkylation sites (N-methyl/N-ethyl adjacent to an activating group) is 1. The van der Waals surface area contributed by atoms with Crippen LogP contribution in [0.1, 0.15) is 20.8 Å². The molecule has 0 heterocycles. The molecule has 0 N–H and O–H groups in total. The molecule has 0 aliphatic heterocycles. The van der Waals surface area contributed by atoms with Crippen LogP contribution in [0.3, 0.4) is 0 Å². The van der Waals surface area contributed by atoms with Gasteiger partial charge in [-0.05, 0) is 43.4 Å². The number of carbonyl (C=O) groups is 2. The first-order chi connectivity index (χ1) is 6.76. The first kappa shape index (κ1) is 14.5. The number of rotatable bonds is 3. The molecule has 0 aliphatic carbocycles. The minimum atomic E-state index is -0.557. The molecule has 88 valence electrons. The number of amides is 1. The highest BCUT2D eigenvalue weighted by molar-refractivity contribution is 14.1. The summed E-state index contributed by atoms with van der Waals surface area (Å²) in [5, 5.41) is 0. The highest BCUT2D eigenvalue weighted by Crippen LogP contribution is 2.08. The summed E-state index contributed by atoms with van der Waals surface area (Å²) in [6.45, 7) is 5.20. The molecule has 0 saturated carbocycles. The predicted octanol–water partition coefficient (Wildman–Crippen LogP) is 1.79. The summed E-state index contributed by atoms with van der Waals surface area (Å²) in [5.41, 5.74) is -0.557. The van der Waals surface area contributed by atoms with Gasteiger partial charge in [0.05, 0.1) is 0 Å². The lowest BCUT2D eigenvalue weighted by atomic mass is 10.2. The third kappa shape index (κ3) is 7.40. The topological polar surface area (TPSA) is 55.8 Å². The maximum atomic E-state index is 11.4. The van der Waals surface area contributed by atoms with Crippen molar-refractivity contribution in [3.8, 4) is 0 Å². The Hall–Kier alpha value is -0.530. The molecule has 1 amide bonds. The molecule has 0 saturated heterocycles. The van der Waals surface area contributed by atoms with Gasteiger partial charge in [-0.2, -0.15) is 0 Å². The molecule has 0 bridgehead atoms. The van der Waals surface area contributed by atoms with E-state index in [2.05, 4.69) is 0 Å². The van der Waals surface area contributed by atoms with E-state index in [1.54, 1.807) is 20.8 Å². The van der Waals surface area contributed by atoms with Gasteiger partial charge in [0.15, 0.2) is 0 Å². The third-order valence-electron chi connectivity index (χ3n) is 1.29. The van der Waals surface area contributed by atoms with Crippen LogP contribution < -0.4 is 0 Å². The number of hydrogen-bond acceptors (Lipinski definition) is 4. The molecule has 0 atom stereocenters. The van der Waals surface area contributed by atoms with Gasteiger partial charge >= 0.3 is 12.1 Å². The molecule has 0 aromatic heterocycles. The van der Waals surface area contributed by atoms with Gasteiger partial charge in [-0.15, -0.1) is 0 Å². The van der Waals surface area contributed by atoms with Crippen LogP contribution in [0.25, 0.3) is 0 Å². The van der Waals surface area contributed by atoms with Gasteiger partial charge < -0.3 is 14.4 Å². The van der Waals surface area contributed by atoms with Crippen molar-refractivity contribution in [2.75, 3.05) is 18.2 Å². The first-order valence-corrected chi connectivity index (χ1v) is 5.94. The van der Waals surface area contributed by atoms with E-state index < -0.39 is 17.7 Å². The number of nitrogens with zero attached hydrogens (tertiary/aromatic N) is 1. The molecule has 5 nitrogen and oxygen atoms in total. The molecule has 0 fully saturated rings. The Labute approximate surface area is 103 Å². The van der Waals surface area contributed by atoms with Crippen molar-refractivity contribution in [2.24, 2.45) is 0 Å². The van der Waals surface area contributed by atoms with Crippen LogP contribution in [-0.4, -0.2) is 40.8 Å². The second-order valence-corrected chi connectivity index (χ2v) is 4.58. The number of esters is 1. The Morgan fingerprint density at radius 3 is 2.27 bits per heavy atom. The van der Waals surface area contributed by atoms with Crippen molar-refractivity contribution in [1.29, 1.82) is 0 Å². The Bertz CT molecular complexity index is 237. The van der Waals surface area contributed by atoms with Crippen LogP contribution in [0.15, 0.2) is 0 Å². The Balaban J connectivity index is 4.05. The number of ether oxygens (including phenoxy) is 2. The van der Waals surface area contributed by atoms with E-state index >= 15 is 0 Å². The highest BCUT2D eigenvalue weighted by Gasteiger charge is 2.21. The fourth-order valence-electron chi connectivity index (χ4n) is 0.705. The van der Waals surface area contributed by atoms with Crippen LogP contribution in [0.5, 0.6) is 0 Å².